The Labute approximate surface area is 67.8 Å². The van der Waals surface area contributed by atoms with Crippen molar-refractivity contribution in [2.24, 2.45) is 0 Å². The zero-order chi connectivity index (χ0) is 8.39. The molecule has 4 nitrogen and oxygen atoms in total. The Bertz CT molecular complexity index is 375. The minimum absolute atomic E-state index is 0.267. The molecule has 0 aromatic carbocycles. The summed E-state index contributed by atoms with van der Waals surface area (Å²) in [7, 11) is 0. The lowest BCUT2D eigenvalue weighted by Gasteiger charge is -1.84. The normalized spacial score (nSPS) is 10.0. The van der Waals surface area contributed by atoms with Crippen LogP contribution in [0.4, 0.5) is 0 Å². The first-order valence-corrected chi connectivity index (χ1v) is 3.35. The van der Waals surface area contributed by atoms with Crippen LogP contribution in [0.2, 0.25) is 0 Å². The zero-order valence-electron chi connectivity index (χ0n) is 6.06. The molecule has 0 fully saturated rings. The number of nitrogens with zero attached hydrogens (tertiary/aromatic N) is 1. The number of carbonyl (C=O) groups is 1. The third-order valence-electron chi connectivity index (χ3n) is 1.39. The van der Waals surface area contributed by atoms with Gasteiger partial charge >= 0.3 is 0 Å². The summed E-state index contributed by atoms with van der Waals surface area (Å²) in [4.78, 5) is 14.1. The van der Waals surface area contributed by atoms with Crippen LogP contribution in [0.15, 0.2) is 33.4 Å². The van der Waals surface area contributed by atoms with Gasteiger partial charge in [0.2, 0.25) is 0 Å². The van der Waals surface area contributed by atoms with Gasteiger partial charge in [-0.1, -0.05) is 0 Å². The zero-order valence-corrected chi connectivity index (χ0v) is 6.06. The molecule has 0 saturated carbocycles. The molecule has 0 saturated heterocycles. The van der Waals surface area contributed by atoms with Crippen LogP contribution in [0, 0.1) is 0 Å². The molecular formula is C8H5NO3. The number of hydrogen-bond donors (Lipinski definition) is 0. The van der Waals surface area contributed by atoms with Gasteiger partial charge < -0.3 is 8.83 Å². The topological polar surface area (TPSA) is 56.2 Å². The number of oxazole rings is 1. The monoisotopic (exact) mass is 163 g/mol. The van der Waals surface area contributed by atoms with Gasteiger partial charge in [-0.3, -0.25) is 4.79 Å². The van der Waals surface area contributed by atoms with Gasteiger partial charge in [-0.15, -0.1) is 0 Å². The molecule has 0 radical (unpaired) electrons. The van der Waals surface area contributed by atoms with Gasteiger partial charge in [0.25, 0.3) is 5.89 Å². The average Bonchev–Trinajstić information content (AvgIpc) is 2.75. The smallest absolute Gasteiger partial charge is 0.262 e. The highest BCUT2D eigenvalue weighted by molar-refractivity contribution is 5.71. The molecule has 2 aromatic heterocycles. The number of aromatic nitrogens is 1. The van der Waals surface area contributed by atoms with E-state index in [0.717, 1.165) is 0 Å². The van der Waals surface area contributed by atoms with E-state index in [2.05, 4.69) is 4.98 Å². The molecule has 2 aromatic rings. The Morgan fingerprint density at radius 2 is 2.33 bits per heavy atom. The molecule has 60 valence electrons. The second-order valence-electron chi connectivity index (χ2n) is 2.16. The van der Waals surface area contributed by atoms with E-state index < -0.39 is 0 Å². The van der Waals surface area contributed by atoms with Crippen LogP contribution < -0.4 is 0 Å². The largest absolute Gasteiger partial charge is 0.448 e. The van der Waals surface area contributed by atoms with Crippen LogP contribution in [-0.2, 0) is 0 Å². The number of furan rings is 1. The summed E-state index contributed by atoms with van der Waals surface area (Å²) in [6, 6.07) is 3.20. The van der Waals surface area contributed by atoms with Crippen LogP contribution in [0.5, 0.6) is 0 Å². The molecule has 4 heteroatoms. The van der Waals surface area contributed by atoms with Crippen molar-refractivity contribution in [2.75, 3.05) is 0 Å². The van der Waals surface area contributed by atoms with Crippen molar-refractivity contribution in [1.29, 1.82) is 0 Å². The van der Waals surface area contributed by atoms with E-state index >= 15 is 0 Å². The van der Waals surface area contributed by atoms with Gasteiger partial charge in [-0.2, -0.15) is 0 Å². The van der Waals surface area contributed by atoms with E-state index in [0.29, 0.717) is 17.9 Å². The molecule has 0 amide bonds. The number of rotatable bonds is 2. The Balaban J connectivity index is 2.41. The van der Waals surface area contributed by atoms with Crippen LogP contribution in [0.1, 0.15) is 10.6 Å². The summed E-state index contributed by atoms with van der Waals surface area (Å²) < 4.78 is 10.0. The number of hydrogen-bond acceptors (Lipinski definition) is 4. The molecule has 0 bridgehead atoms. The summed E-state index contributed by atoms with van der Waals surface area (Å²) >= 11 is 0. The third-order valence-corrected chi connectivity index (χ3v) is 1.39. The van der Waals surface area contributed by atoms with Gasteiger partial charge in [0, 0.05) is 0 Å². The summed E-state index contributed by atoms with van der Waals surface area (Å²) in [6.07, 6.45) is 3.59. The molecule has 2 heterocycles. The quantitative estimate of drug-likeness (QED) is 0.633. The van der Waals surface area contributed by atoms with Gasteiger partial charge in [0.15, 0.2) is 17.8 Å². The Morgan fingerprint density at radius 3 is 2.92 bits per heavy atom. The highest BCUT2D eigenvalue weighted by atomic mass is 16.4. The van der Waals surface area contributed by atoms with Crippen molar-refractivity contribution in [1.82, 2.24) is 4.98 Å². The molecular weight excluding hydrogens is 158 g/mol. The molecule has 0 aliphatic rings. The lowest BCUT2D eigenvalue weighted by Crippen LogP contribution is -1.71. The second kappa shape index (κ2) is 2.65. The number of aldehydes is 1. The molecule has 0 aliphatic carbocycles. The SMILES string of the molecule is O=Cc1ccc(-c2ncco2)o1. The maximum atomic E-state index is 10.2. The molecule has 0 aliphatic heterocycles. The third kappa shape index (κ3) is 1.03. The minimum Gasteiger partial charge on any atom is -0.448 e. The highest BCUT2D eigenvalue weighted by Gasteiger charge is 2.06. The lowest BCUT2D eigenvalue weighted by molar-refractivity contribution is 0.110. The van der Waals surface area contributed by atoms with Crippen LogP contribution in [0.25, 0.3) is 11.7 Å². The van der Waals surface area contributed by atoms with Gasteiger partial charge in [-0.05, 0) is 12.1 Å². The fourth-order valence-corrected chi connectivity index (χ4v) is 0.876. The fraction of sp³-hybridized carbons (Fsp3) is 0. The summed E-state index contributed by atoms with van der Waals surface area (Å²) in [5.41, 5.74) is 0. The summed E-state index contributed by atoms with van der Waals surface area (Å²) in [5, 5.41) is 0. The van der Waals surface area contributed by atoms with Gasteiger partial charge in [0.1, 0.15) is 6.26 Å². The fourth-order valence-electron chi connectivity index (χ4n) is 0.876. The van der Waals surface area contributed by atoms with Gasteiger partial charge in [0.05, 0.1) is 6.20 Å². The Kier molecular flexibility index (Phi) is 1.51. The summed E-state index contributed by atoms with van der Waals surface area (Å²) in [6.45, 7) is 0. The molecule has 12 heavy (non-hydrogen) atoms. The van der Waals surface area contributed by atoms with E-state index in [1.165, 1.54) is 12.5 Å². The standard InChI is InChI=1S/C8H5NO3/c10-5-6-1-2-7(12-6)8-9-3-4-11-8/h1-5H. The maximum absolute atomic E-state index is 10.2. The minimum atomic E-state index is 0.267. The van der Waals surface area contributed by atoms with Crippen LogP contribution >= 0.6 is 0 Å². The molecule has 0 unspecified atom stereocenters. The van der Waals surface area contributed by atoms with E-state index in [1.54, 1.807) is 12.1 Å². The predicted molar refractivity (Wildman–Crippen MR) is 39.6 cm³/mol. The Morgan fingerprint density at radius 1 is 1.42 bits per heavy atom. The molecule has 2 rings (SSSR count). The van der Waals surface area contributed by atoms with E-state index in [1.807, 2.05) is 0 Å². The Hall–Kier alpha value is -1.84. The first-order valence-electron chi connectivity index (χ1n) is 3.35. The van der Waals surface area contributed by atoms with Crippen LogP contribution in [0.3, 0.4) is 0 Å². The van der Waals surface area contributed by atoms with Crippen molar-refractivity contribution in [2.45, 2.75) is 0 Å². The van der Waals surface area contributed by atoms with Crippen molar-refractivity contribution < 1.29 is 13.6 Å². The highest BCUT2D eigenvalue weighted by Crippen LogP contribution is 2.18. The van der Waals surface area contributed by atoms with Crippen molar-refractivity contribution >= 4 is 6.29 Å². The summed E-state index contributed by atoms with van der Waals surface area (Å²) in [5.74, 6) is 1.11. The second-order valence-corrected chi connectivity index (χ2v) is 2.16. The van der Waals surface area contributed by atoms with Crippen molar-refractivity contribution in [3.05, 3.63) is 30.4 Å². The van der Waals surface area contributed by atoms with Crippen molar-refractivity contribution in [3.63, 3.8) is 0 Å². The van der Waals surface area contributed by atoms with Crippen molar-refractivity contribution in [3.8, 4) is 11.7 Å². The van der Waals surface area contributed by atoms with E-state index in [-0.39, 0.29) is 5.76 Å². The van der Waals surface area contributed by atoms with E-state index in [9.17, 15) is 4.79 Å². The van der Waals surface area contributed by atoms with Gasteiger partial charge in [-0.25, -0.2) is 4.98 Å². The first kappa shape index (κ1) is 6.84. The van der Waals surface area contributed by atoms with Crippen LogP contribution in [-0.4, -0.2) is 11.3 Å². The first-order chi connectivity index (χ1) is 5.90. The number of carbonyl (C=O) groups excluding carboxylic acids is 1. The lowest BCUT2D eigenvalue weighted by atomic mass is 10.4. The maximum Gasteiger partial charge on any atom is 0.262 e. The average molecular weight is 163 g/mol. The van der Waals surface area contributed by atoms with E-state index in [4.69, 9.17) is 8.83 Å². The molecule has 0 spiro atoms. The molecule has 0 N–H and O–H groups in total. The predicted octanol–water partition coefficient (Wildman–Crippen LogP) is 1.75. The molecule has 0 atom stereocenters.